The zero-order valence-corrected chi connectivity index (χ0v) is 22.2. The topological polar surface area (TPSA) is 104 Å². The zero-order chi connectivity index (χ0) is 27.4. The molecule has 1 fully saturated rings. The average molecular weight is 527 g/mol. The number of hydrogen-bond acceptors (Lipinski definition) is 8. The molecule has 0 aliphatic carbocycles. The van der Waals surface area contributed by atoms with E-state index in [1.165, 1.54) is 12.1 Å². The van der Waals surface area contributed by atoms with Gasteiger partial charge in [-0.2, -0.15) is 0 Å². The lowest BCUT2D eigenvalue weighted by molar-refractivity contribution is -0.163. The highest BCUT2D eigenvalue weighted by Gasteiger charge is 2.37. The summed E-state index contributed by atoms with van der Waals surface area (Å²) in [5, 5.41) is 12.4. The minimum absolute atomic E-state index is 0.0755. The lowest BCUT2D eigenvalue weighted by atomic mass is 9.98. The van der Waals surface area contributed by atoms with Gasteiger partial charge in [0.1, 0.15) is 11.7 Å². The van der Waals surface area contributed by atoms with Crippen molar-refractivity contribution in [1.82, 2.24) is 9.80 Å². The number of likely N-dealkylation sites (N-methyl/N-ethyl adjacent to an activating group) is 1. The Morgan fingerprint density at radius 3 is 2.63 bits per heavy atom. The Kier molecular flexibility index (Phi) is 8.63. The molecule has 0 radical (unpaired) electrons. The molecule has 1 saturated heterocycles. The van der Waals surface area contributed by atoms with Crippen LogP contribution in [-0.2, 0) is 19.1 Å². The molecule has 2 aliphatic heterocycles. The van der Waals surface area contributed by atoms with E-state index in [0.717, 1.165) is 23.2 Å². The van der Waals surface area contributed by atoms with Crippen molar-refractivity contribution in [3.63, 3.8) is 0 Å². The molecule has 0 spiro atoms. The fourth-order valence-electron chi connectivity index (χ4n) is 4.74. The fraction of sp³-hybridized carbons (Fsp3) is 0.464. The third-order valence-corrected chi connectivity index (χ3v) is 6.97. The summed E-state index contributed by atoms with van der Waals surface area (Å²) in [7, 11) is 3.62. The molecule has 2 heterocycles. The number of aliphatic carboxylic acids is 1. The molecule has 0 amide bonds. The van der Waals surface area contributed by atoms with Gasteiger partial charge in [0.15, 0.2) is 6.23 Å². The molecular formula is C28H35FN4O5. The van der Waals surface area contributed by atoms with E-state index in [0.29, 0.717) is 36.9 Å². The minimum Gasteiger partial charge on any atom is -0.481 e. The van der Waals surface area contributed by atoms with Crippen LogP contribution in [0, 0.1) is 5.82 Å². The molecular weight excluding hydrogens is 491 g/mol. The number of esters is 1. The number of carboxylic acids is 1. The summed E-state index contributed by atoms with van der Waals surface area (Å²) in [5.74, 6) is -1.24. The summed E-state index contributed by atoms with van der Waals surface area (Å²) in [6, 6.07) is 10.6. The van der Waals surface area contributed by atoms with Gasteiger partial charge in [-0.3, -0.25) is 14.5 Å². The highest BCUT2D eigenvalue weighted by Crippen LogP contribution is 2.37. The number of fused-ring (bicyclic) bond motifs is 2. The van der Waals surface area contributed by atoms with Crippen LogP contribution in [0.25, 0.3) is 0 Å². The molecule has 2 aromatic rings. The summed E-state index contributed by atoms with van der Waals surface area (Å²) in [5.41, 5.74) is 3.83. The predicted molar refractivity (Wildman–Crippen MR) is 143 cm³/mol. The van der Waals surface area contributed by atoms with Crippen molar-refractivity contribution in [3.05, 3.63) is 53.3 Å². The largest absolute Gasteiger partial charge is 0.481 e. The van der Waals surface area contributed by atoms with E-state index >= 15 is 0 Å². The van der Waals surface area contributed by atoms with Crippen LogP contribution in [0.4, 0.5) is 21.5 Å². The Labute approximate surface area is 222 Å². The van der Waals surface area contributed by atoms with E-state index in [4.69, 9.17) is 19.6 Å². The van der Waals surface area contributed by atoms with Gasteiger partial charge in [-0.15, -0.1) is 0 Å². The molecule has 204 valence electrons. The van der Waals surface area contributed by atoms with E-state index in [2.05, 4.69) is 36.2 Å². The Hall–Kier alpha value is -3.50. The quantitative estimate of drug-likeness (QED) is 0.486. The van der Waals surface area contributed by atoms with E-state index in [9.17, 15) is 14.0 Å². The number of carboxylic acid groups (broad SMARTS) is 1. The zero-order valence-electron chi connectivity index (χ0n) is 22.2. The summed E-state index contributed by atoms with van der Waals surface area (Å²) in [6.07, 6.45) is -0.508. The molecule has 0 saturated carbocycles. The van der Waals surface area contributed by atoms with Gasteiger partial charge in [0.2, 0.25) is 0 Å². The number of hydrogen-bond donors (Lipinski definition) is 2. The number of nitrogens with one attached hydrogen (secondary N) is 1. The van der Waals surface area contributed by atoms with Crippen LogP contribution in [0.5, 0.6) is 0 Å². The molecule has 1 unspecified atom stereocenters. The smallest absolute Gasteiger partial charge is 0.308 e. The van der Waals surface area contributed by atoms with Crippen molar-refractivity contribution >= 4 is 34.8 Å². The molecule has 2 atom stereocenters. The number of aliphatic imine (C=N–C) groups is 1. The van der Waals surface area contributed by atoms with E-state index < -0.39 is 24.0 Å². The first kappa shape index (κ1) is 27.5. The Bertz CT molecular complexity index is 1220. The molecule has 2 N–H and O–H groups in total. The summed E-state index contributed by atoms with van der Waals surface area (Å²) in [4.78, 5) is 32.7. The minimum atomic E-state index is -1.06. The number of carbonyl (C=O) groups is 2. The monoisotopic (exact) mass is 526 g/mol. The maximum Gasteiger partial charge on any atom is 0.308 e. The van der Waals surface area contributed by atoms with Gasteiger partial charge in [-0.1, -0.05) is 19.9 Å². The number of rotatable bonds is 8. The molecule has 2 aliphatic rings. The Morgan fingerprint density at radius 2 is 1.92 bits per heavy atom. The van der Waals surface area contributed by atoms with Crippen LogP contribution in [0.1, 0.15) is 50.2 Å². The maximum absolute atomic E-state index is 14.3. The molecule has 4 rings (SSSR count). The van der Waals surface area contributed by atoms with Crippen molar-refractivity contribution in [2.24, 2.45) is 4.99 Å². The number of anilines is 2. The molecule has 0 bridgehead atoms. The second-order valence-corrected chi connectivity index (χ2v) is 10.0. The van der Waals surface area contributed by atoms with Crippen LogP contribution >= 0.6 is 0 Å². The van der Waals surface area contributed by atoms with Crippen LogP contribution in [0.2, 0.25) is 0 Å². The third-order valence-electron chi connectivity index (χ3n) is 6.97. The second kappa shape index (κ2) is 11.9. The van der Waals surface area contributed by atoms with E-state index in [1.807, 2.05) is 18.0 Å². The lowest BCUT2D eigenvalue weighted by Gasteiger charge is -2.45. The highest BCUT2D eigenvalue weighted by molar-refractivity contribution is 6.08. The number of halogens is 1. The predicted octanol–water partition coefficient (Wildman–Crippen LogP) is 4.47. The number of nitrogens with zero attached hydrogens (tertiary/aromatic N) is 3. The van der Waals surface area contributed by atoms with Gasteiger partial charge in [0.25, 0.3) is 0 Å². The SMILES string of the molecule is COCC[C@H]1CN(C2=Nc3cc(F)ccc3Nc3ccc(C(C)C)cc32)C(OC(=O)CCC(=O)O)CN1C. The van der Waals surface area contributed by atoms with Crippen molar-refractivity contribution in [3.8, 4) is 0 Å². The van der Waals surface area contributed by atoms with Gasteiger partial charge < -0.3 is 24.8 Å². The fourth-order valence-corrected chi connectivity index (χ4v) is 4.74. The second-order valence-electron chi connectivity index (χ2n) is 10.0. The number of ether oxygens (including phenoxy) is 2. The normalized spacial score (nSPS) is 19.2. The van der Waals surface area contributed by atoms with Gasteiger partial charge in [0, 0.05) is 43.6 Å². The van der Waals surface area contributed by atoms with Crippen molar-refractivity contribution in [2.45, 2.75) is 51.3 Å². The molecule has 2 aromatic carbocycles. The van der Waals surface area contributed by atoms with Crippen LogP contribution in [0.15, 0.2) is 41.4 Å². The van der Waals surface area contributed by atoms with E-state index in [-0.39, 0.29) is 24.8 Å². The molecule has 10 heteroatoms. The number of piperazine rings is 1. The molecule has 38 heavy (non-hydrogen) atoms. The summed E-state index contributed by atoms with van der Waals surface area (Å²) >= 11 is 0. The summed E-state index contributed by atoms with van der Waals surface area (Å²) in [6.45, 7) is 5.63. The Morgan fingerprint density at radius 1 is 1.16 bits per heavy atom. The summed E-state index contributed by atoms with van der Waals surface area (Å²) < 4.78 is 25.5. The number of benzene rings is 2. The standard InChI is InChI=1S/C28H35FN4O5/c1-17(2)18-5-7-22-21(13-18)28(31-24-14-19(29)6-8-23(24)30-22)33-15-20(11-12-37-4)32(3)16-25(33)38-27(36)10-9-26(34)35/h5-8,13-14,17,20,25,30H,9-12,15-16H2,1-4H3,(H,34,35)/t20-,25?/m0/s1. The van der Waals surface area contributed by atoms with Gasteiger partial charge >= 0.3 is 11.9 Å². The van der Waals surface area contributed by atoms with Crippen LogP contribution in [-0.4, -0.2) is 78.8 Å². The van der Waals surface area contributed by atoms with Gasteiger partial charge in [-0.05, 0) is 49.2 Å². The van der Waals surface area contributed by atoms with Gasteiger partial charge in [0.05, 0.1) is 30.8 Å². The highest BCUT2D eigenvalue weighted by atomic mass is 19.1. The first-order valence-electron chi connectivity index (χ1n) is 12.8. The number of carbonyl (C=O) groups excluding carboxylic acids is 1. The first-order valence-corrected chi connectivity index (χ1v) is 12.8. The van der Waals surface area contributed by atoms with Crippen molar-refractivity contribution in [1.29, 1.82) is 0 Å². The average Bonchev–Trinajstić information content (AvgIpc) is 3.03. The number of amidine groups is 1. The van der Waals surface area contributed by atoms with Crippen molar-refractivity contribution in [2.75, 3.05) is 39.2 Å². The van der Waals surface area contributed by atoms with Gasteiger partial charge in [-0.25, -0.2) is 9.38 Å². The van der Waals surface area contributed by atoms with Crippen molar-refractivity contribution < 1.29 is 28.6 Å². The Balaban J connectivity index is 1.80. The molecule has 0 aromatic heterocycles. The third kappa shape index (κ3) is 6.31. The van der Waals surface area contributed by atoms with Crippen LogP contribution < -0.4 is 5.32 Å². The van der Waals surface area contributed by atoms with E-state index in [1.54, 1.807) is 13.2 Å². The van der Waals surface area contributed by atoms with Crippen LogP contribution in [0.3, 0.4) is 0 Å². The first-order chi connectivity index (χ1) is 18.2. The number of methoxy groups -OCH3 is 1. The maximum atomic E-state index is 14.3. The molecule has 9 nitrogen and oxygen atoms in total. The lowest BCUT2D eigenvalue weighted by Crippen LogP contribution is -2.60.